The van der Waals surface area contributed by atoms with E-state index >= 15 is 4.39 Å². The molecular weight excluding hydrogens is 929 g/mol. The summed E-state index contributed by atoms with van der Waals surface area (Å²) in [6.45, 7) is 7.59. The number of anilines is 2. The number of pyridine rings is 3. The van der Waals surface area contributed by atoms with E-state index in [2.05, 4.69) is 41.9 Å². The Balaban J connectivity index is 0.000000206. The second-order valence-corrected chi connectivity index (χ2v) is 16.6. The molecule has 1 amide bonds. The van der Waals surface area contributed by atoms with Gasteiger partial charge in [0.05, 0.1) is 59.1 Å². The molecular formula is C49H46F8N10O3. The molecule has 366 valence electrons. The summed E-state index contributed by atoms with van der Waals surface area (Å²) in [5.41, 5.74) is 4.47. The topological polar surface area (TPSA) is 150 Å². The van der Waals surface area contributed by atoms with Gasteiger partial charge in [0.25, 0.3) is 0 Å². The molecule has 1 aliphatic rings. The van der Waals surface area contributed by atoms with Gasteiger partial charge >= 0.3 is 18.0 Å². The largest absolute Gasteiger partial charge is 0.478 e. The lowest BCUT2D eigenvalue weighted by atomic mass is 10.0. The summed E-state index contributed by atoms with van der Waals surface area (Å²) in [5.74, 6) is 3.90. The molecule has 0 unspecified atom stereocenters. The molecule has 0 saturated carbocycles. The molecule has 21 heteroatoms. The number of amides is 1. The van der Waals surface area contributed by atoms with Gasteiger partial charge in [-0.2, -0.15) is 26.3 Å². The van der Waals surface area contributed by atoms with E-state index in [4.69, 9.17) is 10.5 Å². The molecule has 0 bridgehead atoms. The number of aryl methyl sites for hydroxylation is 1. The number of hydrogen-bond donors (Lipinski definition) is 1. The number of nitrogens with two attached hydrogens (primary N) is 1. The Kier molecular flexibility index (Phi) is 15.4. The molecule has 0 radical (unpaired) electrons. The molecule has 2 N–H and O–H groups in total. The van der Waals surface area contributed by atoms with Crippen LogP contribution in [-0.2, 0) is 30.6 Å². The number of alkyl halides is 6. The van der Waals surface area contributed by atoms with Crippen LogP contribution in [0.5, 0.6) is 5.88 Å². The number of piperidine rings is 1. The molecule has 70 heavy (non-hydrogen) atoms. The van der Waals surface area contributed by atoms with Crippen LogP contribution >= 0.6 is 0 Å². The zero-order chi connectivity index (χ0) is 50.3. The number of carbonyl (C=O) groups excluding carboxylic acids is 1. The standard InChI is InChI=1S/C27H32FN5O2.C22H14F7N5O/c1-18(2)33-26-21-14-20(22(28)15-23(21)29-17-24(26)31(3)27(33)34)19-8-9-25(30-16-19)35-13-7-12-32-10-5-4-6-11-32;23-14-3-6-16(7-4-14)34(9-1-2-15-5-8-19(30)33-32-15)20(35)11-18-17(22(27,28)29)10-13(12-31-18)21(24,25)26/h8-9,14-18H,4-7,10-13H2,1-3H3;3-8,10,12H,9,11H2,(H2,30,33). The Morgan fingerprint density at radius 3 is 2.26 bits per heavy atom. The fraction of sp³-hybridized carbons (Fsp3) is 0.327. The molecule has 5 aromatic heterocycles. The highest BCUT2D eigenvalue weighted by molar-refractivity contribution is 6.04. The van der Waals surface area contributed by atoms with Gasteiger partial charge in [-0.15, -0.1) is 10.2 Å². The maximum Gasteiger partial charge on any atom is 0.418 e. The van der Waals surface area contributed by atoms with Gasteiger partial charge in [0, 0.05) is 66.4 Å². The van der Waals surface area contributed by atoms with Crippen molar-refractivity contribution >= 4 is 39.3 Å². The zero-order valence-corrected chi connectivity index (χ0v) is 38.1. The van der Waals surface area contributed by atoms with Crippen LogP contribution in [0.1, 0.15) is 68.1 Å². The van der Waals surface area contributed by atoms with Crippen molar-refractivity contribution in [2.45, 2.75) is 64.3 Å². The van der Waals surface area contributed by atoms with Gasteiger partial charge in [-0.25, -0.2) is 18.6 Å². The molecule has 13 nitrogen and oxygen atoms in total. The smallest absolute Gasteiger partial charge is 0.418 e. The number of rotatable bonds is 11. The Bertz CT molecular complexity index is 3080. The van der Waals surface area contributed by atoms with Gasteiger partial charge in [-0.05, 0) is 107 Å². The highest BCUT2D eigenvalue weighted by Crippen LogP contribution is 2.37. The Morgan fingerprint density at radius 2 is 1.61 bits per heavy atom. The predicted octanol–water partition coefficient (Wildman–Crippen LogP) is 9.18. The van der Waals surface area contributed by atoms with E-state index in [9.17, 15) is 40.3 Å². The zero-order valence-electron chi connectivity index (χ0n) is 38.1. The first-order chi connectivity index (χ1) is 33.3. The number of nitrogens with zero attached hydrogens (tertiary/aromatic N) is 9. The SMILES string of the molecule is CC(C)n1c(=O)n(C)c2cnc3cc(F)c(-c4ccc(OCCCN5CCCCC5)nc4)cc3c21.Nc1ccc(C#CCN(C(=O)Cc2ncc(C(F)(F)F)cc2C(F)(F)F)c2ccc(F)cc2)nn1. The minimum atomic E-state index is -5.20. The third-order valence-corrected chi connectivity index (χ3v) is 11.4. The monoisotopic (exact) mass is 974 g/mol. The third-order valence-electron chi connectivity index (χ3n) is 11.4. The number of hydrogen-bond acceptors (Lipinski definition) is 10. The minimum Gasteiger partial charge on any atom is -0.478 e. The highest BCUT2D eigenvalue weighted by Gasteiger charge is 2.39. The van der Waals surface area contributed by atoms with Crippen LogP contribution in [0, 0.1) is 23.5 Å². The van der Waals surface area contributed by atoms with Gasteiger partial charge in [-0.3, -0.25) is 23.9 Å². The van der Waals surface area contributed by atoms with Gasteiger partial charge in [0.1, 0.15) is 23.1 Å². The van der Waals surface area contributed by atoms with Crippen molar-refractivity contribution in [3.05, 3.63) is 130 Å². The number of ether oxygens (including phenoxy) is 1. The normalized spacial score (nSPS) is 13.2. The Hall–Kier alpha value is -7.47. The molecule has 0 spiro atoms. The first kappa shape index (κ1) is 50.4. The number of halogens is 8. The van der Waals surface area contributed by atoms with E-state index in [-0.39, 0.29) is 53.6 Å². The van der Waals surface area contributed by atoms with E-state index in [1.807, 2.05) is 19.9 Å². The van der Waals surface area contributed by atoms with Crippen LogP contribution in [0.25, 0.3) is 33.1 Å². The number of imidazole rings is 1. The van der Waals surface area contributed by atoms with E-state index in [1.54, 1.807) is 40.7 Å². The second-order valence-electron chi connectivity index (χ2n) is 16.6. The average molecular weight is 975 g/mol. The summed E-state index contributed by atoms with van der Waals surface area (Å²) in [4.78, 5) is 41.3. The molecule has 0 aliphatic carbocycles. The van der Waals surface area contributed by atoms with Crippen molar-refractivity contribution in [2.24, 2.45) is 7.05 Å². The van der Waals surface area contributed by atoms with E-state index in [0.29, 0.717) is 29.1 Å². The number of benzene rings is 2. The van der Waals surface area contributed by atoms with Gasteiger partial charge < -0.3 is 20.3 Å². The molecule has 6 heterocycles. The first-order valence-corrected chi connectivity index (χ1v) is 22.1. The predicted molar refractivity (Wildman–Crippen MR) is 246 cm³/mol. The third kappa shape index (κ3) is 12.0. The number of aromatic nitrogens is 7. The fourth-order valence-corrected chi connectivity index (χ4v) is 7.86. The van der Waals surface area contributed by atoms with Crippen LogP contribution in [0.15, 0.2) is 90.1 Å². The number of likely N-dealkylation sites (tertiary alicyclic amines) is 1. The van der Waals surface area contributed by atoms with Crippen molar-refractivity contribution in [1.82, 2.24) is 39.2 Å². The number of carbonyl (C=O) groups is 1. The summed E-state index contributed by atoms with van der Waals surface area (Å²) in [6, 6.07) is 14.0. The van der Waals surface area contributed by atoms with Crippen molar-refractivity contribution in [3.63, 3.8) is 0 Å². The lowest BCUT2D eigenvalue weighted by molar-refractivity contribution is -0.144. The average Bonchev–Trinajstić information content (AvgIpc) is 3.59. The Morgan fingerprint density at radius 1 is 0.871 bits per heavy atom. The second kappa shape index (κ2) is 21.4. The van der Waals surface area contributed by atoms with Gasteiger partial charge in [-0.1, -0.05) is 12.3 Å². The summed E-state index contributed by atoms with van der Waals surface area (Å²) < 4.78 is 117. The highest BCUT2D eigenvalue weighted by atomic mass is 19.4. The number of nitrogen functional groups attached to an aromatic ring is 1. The molecule has 0 atom stereocenters. The summed E-state index contributed by atoms with van der Waals surface area (Å²) in [6.07, 6.45) is -2.88. The van der Waals surface area contributed by atoms with Crippen molar-refractivity contribution in [1.29, 1.82) is 0 Å². The lowest BCUT2D eigenvalue weighted by Crippen LogP contribution is -2.33. The molecule has 1 aliphatic heterocycles. The first-order valence-electron chi connectivity index (χ1n) is 22.1. The Labute approximate surface area is 395 Å². The summed E-state index contributed by atoms with van der Waals surface area (Å²) >= 11 is 0. The van der Waals surface area contributed by atoms with Crippen LogP contribution < -0.4 is 21.1 Å². The van der Waals surface area contributed by atoms with Crippen LogP contribution in [0.2, 0.25) is 0 Å². The maximum absolute atomic E-state index is 15.1. The molecule has 7 aromatic rings. The van der Waals surface area contributed by atoms with Crippen molar-refractivity contribution in [2.75, 3.05) is 43.4 Å². The summed E-state index contributed by atoms with van der Waals surface area (Å²) in [7, 11) is 1.73. The minimum absolute atomic E-state index is 0.0432. The maximum atomic E-state index is 15.1. The van der Waals surface area contributed by atoms with Gasteiger partial charge in [0.2, 0.25) is 11.8 Å². The molecule has 8 rings (SSSR count). The van der Waals surface area contributed by atoms with Crippen LogP contribution in [0.4, 0.5) is 46.6 Å². The van der Waals surface area contributed by atoms with E-state index in [1.165, 1.54) is 62.7 Å². The van der Waals surface area contributed by atoms with Gasteiger partial charge in [0.15, 0.2) is 0 Å². The molecule has 1 saturated heterocycles. The molecule has 1 fully saturated rings. The van der Waals surface area contributed by atoms with Crippen molar-refractivity contribution in [3.8, 4) is 28.8 Å². The van der Waals surface area contributed by atoms with Crippen LogP contribution in [0.3, 0.4) is 0 Å². The molecule has 2 aromatic carbocycles. The van der Waals surface area contributed by atoms with E-state index in [0.717, 1.165) is 46.4 Å². The summed E-state index contributed by atoms with van der Waals surface area (Å²) in [5, 5.41) is 8.05. The quantitative estimate of drug-likeness (QED) is 0.0756. The lowest BCUT2D eigenvalue weighted by Gasteiger charge is -2.26. The van der Waals surface area contributed by atoms with Crippen LogP contribution in [-0.4, -0.2) is 77.9 Å². The number of fused-ring (bicyclic) bond motifs is 3. The van der Waals surface area contributed by atoms with Crippen molar-refractivity contribution < 1.29 is 44.7 Å². The fourth-order valence-electron chi connectivity index (χ4n) is 7.86. The van der Waals surface area contributed by atoms with E-state index < -0.39 is 47.3 Å².